The second kappa shape index (κ2) is 7.49. The van der Waals surface area contributed by atoms with E-state index in [0.29, 0.717) is 18.5 Å². The summed E-state index contributed by atoms with van der Waals surface area (Å²) in [4.78, 5) is 18.0. The molecule has 0 radical (unpaired) electrons. The second-order valence-electron chi connectivity index (χ2n) is 4.70. The molecule has 4 nitrogen and oxygen atoms in total. The fourth-order valence-corrected chi connectivity index (χ4v) is 1.96. The highest BCUT2D eigenvalue weighted by molar-refractivity contribution is 5.94. The first-order chi connectivity index (χ1) is 10.6. The van der Waals surface area contributed by atoms with Gasteiger partial charge < -0.3 is 9.64 Å². The number of nitrogens with zero attached hydrogens (tertiary/aromatic N) is 2. The summed E-state index contributed by atoms with van der Waals surface area (Å²) in [6.07, 6.45) is 2.32. The summed E-state index contributed by atoms with van der Waals surface area (Å²) in [6, 6.07) is 11.4. The minimum atomic E-state index is -2.91. The molecule has 0 aliphatic rings. The zero-order valence-corrected chi connectivity index (χ0v) is 12.1. The van der Waals surface area contributed by atoms with E-state index >= 15 is 0 Å². The van der Waals surface area contributed by atoms with Crippen molar-refractivity contribution in [1.29, 1.82) is 0 Å². The fraction of sp³-hybridized carbons (Fsp3) is 0.250. The summed E-state index contributed by atoms with van der Waals surface area (Å²) >= 11 is 0. The molecule has 1 aromatic heterocycles. The lowest BCUT2D eigenvalue weighted by atomic mass is 10.2. The van der Waals surface area contributed by atoms with Crippen LogP contribution in [0.25, 0.3) is 0 Å². The van der Waals surface area contributed by atoms with Crippen LogP contribution in [0, 0.1) is 0 Å². The Morgan fingerprint density at radius 2 is 2.09 bits per heavy atom. The number of hydrogen-bond donors (Lipinski definition) is 0. The van der Waals surface area contributed by atoms with Gasteiger partial charge in [-0.3, -0.25) is 9.78 Å². The van der Waals surface area contributed by atoms with Gasteiger partial charge in [0, 0.05) is 37.5 Å². The van der Waals surface area contributed by atoms with E-state index in [-0.39, 0.29) is 11.7 Å². The highest BCUT2D eigenvalue weighted by Gasteiger charge is 2.13. The third-order valence-corrected chi connectivity index (χ3v) is 3.08. The van der Waals surface area contributed by atoms with Crippen molar-refractivity contribution in [3.8, 4) is 5.75 Å². The normalized spacial score (nSPS) is 10.5. The van der Waals surface area contributed by atoms with Crippen LogP contribution < -0.4 is 4.74 Å². The van der Waals surface area contributed by atoms with Gasteiger partial charge in [-0.15, -0.1) is 0 Å². The lowest BCUT2D eigenvalue weighted by molar-refractivity contribution is -0.0499. The number of likely N-dealkylation sites (N-methyl/N-ethyl adjacent to an activating group) is 1. The standard InChI is InChI=1S/C16H16F2N2O2/c1-20(10-8-13-6-2-3-9-19-13)15(21)12-5-4-7-14(11-12)22-16(17)18/h2-7,9,11,16H,8,10H2,1H3. The Bertz CT molecular complexity index is 621. The molecule has 0 unspecified atom stereocenters. The van der Waals surface area contributed by atoms with E-state index in [4.69, 9.17) is 0 Å². The molecule has 6 heteroatoms. The molecule has 0 fully saturated rings. The largest absolute Gasteiger partial charge is 0.435 e. The SMILES string of the molecule is CN(CCc1ccccn1)C(=O)c1cccc(OC(F)F)c1. The van der Waals surface area contributed by atoms with Crippen molar-refractivity contribution in [2.24, 2.45) is 0 Å². The van der Waals surface area contributed by atoms with Crippen molar-refractivity contribution < 1.29 is 18.3 Å². The summed E-state index contributed by atoms with van der Waals surface area (Å²) in [7, 11) is 1.66. The summed E-state index contributed by atoms with van der Waals surface area (Å²) in [5.74, 6) is -0.283. The van der Waals surface area contributed by atoms with Crippen LogP contribution >= 0.6 is 0 Å². The molecule has 1 heterocycles. The third-order valence-electron chi connectivity index (χ3n) is 3.08. The van der Waals surface area contributed by atoms with Crippen LogP contribution in [-0.2, 0) is 6.42 Å². The Balaban J connectivity index is 1.98. The van der Waals surface area contributed by atoms with Crippen molar-refractivity contribution in [3.05, 3.63) is 59.9 Å². The lowest BCUT2D eigenvalue weighted by Gasteiger charge is -2.17. The van der Waals surface area contributed by atoms with Crippen LogP contribution in [0.3, 0.4) is 0 Å². The predicted molar refractivity (Wildman–Crippen MR) is 78.0 cm³/mol. The van der Waals surface area contributed by atoms with Gasteiger partial charge in [0.25, 0.3) is 5.91 Å². The molecule has 0 aliphatic heterocycles. The number of hydrogen-bond acceptors (Lipinski definition) is 3. The van der Waals surface area contributed by atoms with E-state index < -0.39 is 6.61 Å². The van der Waals surface area contributed by atoms with E-state index in [1.165, 1.54) is 23.1 Å². The van der Waals surface area contributed by atoms with E-state index in [9.17, 15) is 13.6 Å². The van der Waals surface area contributed by atoms with E-state index in [2.05, 4.69) is 9.72 Å². The van der Waals surface area contributed by atoms with Gasteiger partial charge in [-0.05, 0) is 30.3 Å². The van der Waals surface area contributed by atoms with Gasteiger partial charge in [0.15, 0.2) is 0 Å². The Morgan fingerprint density at radius 3 is 2.77 bits per heavy atom. The summed E-state index contributed by atoms with van der Waals surface area (Å²) < 4.78 is 28.7. The maximum Gasteiger partial charge on any atom is 0.387 e. The van der Waals surface area contributed by atoms with Crippen LogP contribution in [0.4, 0.5) is 8.78 Å². The van der Waals surface area contributed by atoms with Gasteiger partial charge in [-0.1, -0.05) is 12.1 Å². The molecule has 0 atom stereocenters. The summed E-state index contributed by atoms with van der Waals surface area (Å²) in [6.45, 7) is -2.43. The first kappa shape index (κ1) is 15.9. The van der Waals surface area contributed by atoms with Gasteiger partial charge in [0.2, 0.25) is 0 Å². The minimum Gasteiger partial charge on any atom is -0.435 e. The first-order valence-electron chi connectivity index (χ1n) is 6.76. The van der Waals surface area contributed by atoms with Gasteiger partial charge in [0.05, 0.1) is 0 Å². The van der Waals surface area contributed by atoms with E-state index in [0.717, 1.165) is 5.69 Å². The quantitative estimate of drug-likeness (QED) is 0.824. The molecule has 2 rings (SSSR count). The Kier molecular flexibility index (Phi) is 5.41. The molecule has 2 aromatic rings. The molecule has 0 aliphatic carbocycles. The van der Waals surface area contributed by atoms with Crippen LogP contribution in [0.5, 0.6) is 5.75 Å². The second-order valence-corrected chi connectivity index (χ2v) is 4.70. The molecule has 0 saturated carbocycles. The Labute approximate surface area is 127 Å². The van der Waals surface area contributed by atoms with Crippen molar-refractivity contribution in [1.82, 2.24) is 9.88 Å². The number of carbonyl (C=O) groups is 1. The van der Waals surface area contributed by atoms with Gasteiger partial charge in [-0.25, -0.2) is 0 Å². The van der Waals surface area contributed by atoms with Crippen molar-refractivity contribution in [2.45, 2.75) is 13.0 Å². The number of pyridine rings is 1. The number of halogens is 2. The van der Waals surface area contributed by atoms with Crippen LogP contribution in [0.1, 0.15) is 16.1 Å². The van der Waals surface area contributed by atoms with Gasteiger partial charge in [-0.2, -0.15) is 8.78 Å². The molecule has 1 aromatic carbocycles. The Morgan fingerprint density at radius 1 is 1.27 bits per heavy atom. The number of alkyl halides is 2. The lowest BCUT2D eigenvalue weighted by Crippen LogP contribution is -2.29. The molecule has 1 amide bonds. The number of amides is 1. The summed E-state index contributed by atoms with van der Waals surface area (Å²) in [5, 5.41) is 0. The van der Waals surface area contributed by atoms with Crippen LogP contribution in [-0.4, -0.2) is 36.0 Å². The highest BCUT2D eigenvalue weighted by atomic mass is 19.3. The first-order valence-corrected chi connectivity index (χ1v) is 6.76. The number of carbonyl (C=O) groups excluding carboxylic acids is 1. The number of aromatic nitrogens is 1. The molecule has 22 heavy (non-hydrogen) atoms. The minimum absolute atomic E-state index is 0.0287. The van der Waals surface area contributed by atoms with Crippen molar-refractivity contribution >= 4 is 5.91 Å². The van der Waals surface area contributed by atoms with Crippen molar-refractivity contribution in [2.75, 3.05) is 13.6 Å². The molecule has 0 spiro atoms. The highest BCUT2D eigenvalue weighted by Crippen LogP contribution is 2.17. The number of ether oxygens (including phenoxy) is 1. The van der Waals surface area contributed by atoms with Gasteiger partial charge in [0.1, 0.15) is 5.75 Å². The smallest absolute Gasteiger partial charge is 0.387 e. The molecular formula is C16H16F2N2O2. The predicted octanol–water partition coefficient (Wildman–Crippen LogP) is 3.00. The maximum atomic E-state index is 12.3. The molecular weight excluding hydrogens is 290 g/mol. The van der Waals surface area contributed by atoms with E-state index in [1.807, 2.05) is 18.2 Å². The van der Waals surface area contributed by atoms with Gasteiger partial charge >= 0.3 is 6.61 Å². The van der Waals surface area contributed by atoms with Crippen LogP contribution in [0.2, 0.25) is 0 Å². The van der Waals surface area contributed by atoms with Crippen LogP contribution in [0.15, 0.2) is 48.7 Å². The van der Waals surface area contributed by atoms with Crippen molar-refractivity contribution in [3.63, 3.8) is 0 Å². The topological polar surface area (TPSA) is 42.4 Å². The molecule has 0 N–H and O–H groups in total. The zero-order chi connectivity index (χ0) is 15.9. The molecule has 0 saturated heterocycles. The summed E-state index contributed by atoms with van der Waals surface area (Å²) in [5.41, 5.74) is 1.19. The molecule has 0 bridgehead atoms. The maximum absolute atomic E-state index is 12.3. The average molecular weight is 306 g/mol. The average Bonchev–Trinajstić information content (AvgIpc) is 2.52. The third kappa shape index (κ3) is 4.51. The zero-order valence-electron chi connectivity index (χ0n) is 12.1. The number of rotatable bonds is 6. The molecule has 116 valence electrons. The Hall–Kier alpha value is -2.50. The fourth-order valence-electron chi connectivity index (χ4n) is 1.96. The van der Waals surface area contributed by atoms with E-state index in [1.54, 1.807) is 19.3 Å². The number of benzene rings is 1. The monoisotopic (exact) mass is 306 g/mol.